The maximum absolute atomic E-state index is 11.4. The Morgan fingerprint density at radius 1 is 1.29 bits per heavy atom. The third-order valence-corrected chi connectivity index (χ3v) is 2.65. The second-order valence-electron chi connectivity index (χ2n) is 4.60. The lowest BCUT2D eigenvalue weighted by Crippen LogP contribution is -2.42. The first-order chi connectivity index (χ1) is 8.06. The minimum atomic E-state index is -0.158. The molecule has 0 fully saturated rings. The molecular weight excluding hydrogens is 212 g/mol. The summed E-state index contributed by atoms with van der Waals surface area (Å²) in [6.07, 6.45) is 1.65. The first-order valence-electron chi connectivity index (χ1n) is 5.74. The lowest BCUT2D eigenvalue weighted by molar-refractivity contribution is 0.239. The summed E-state index contributed by atoms with van der Waals surface area (Å²) in [5.41, 5.74) is 1.14. The molecule has 0 spiro atoms. The number of carbonyl (C=O) groups is 1. The van der Waals surface area contributed by atoms with Gasteiger partial charge in [-0.2, -0.15) is 0 Å². The van der Waals surface area contributed by atoms with Crippen molar-refractivity contribution in [2.24, 2.45) is 0 Å². The van der Waals surface area contributed by atoms with Crippen molar-refractivity contribution in [1.82, 2.24) is 10.6 Å². The van der Waals surface area contributed by atoms with Crippen LogP contribution in [-0.4, -0.2) is 19.1 Å². The van der Waals surface area contributed by atoms with Gasteiger partial charge in [-0.05, 0) is 5.56 Å². The summed E-state index contributed by atoms with van der Waals surface area (Å²) in [6.45, 7) is 8.84. The Kier molecular flexibility index (Phi) is 4.76. The monoisotopic (exact) mass is 232 g/mol. The number of hydrogen-bond acceptors (Lipinski definition) is 1. The van der Waals surface area contributed by atoms with E-state index in [1.807, 2.05) is 18.2 Å². The van der Waals surface area contributed by atoms with Crippen molar-refractivity contribution in [2.75, 3.05) is 13.1 Å². The van der Waals surface area contributed by atoms with E-state index < -0.39 is 0 Å². The van der Waals surface area contributed by atoms with E-state index in [0.29, 0.717) is 13.1 Å². The summed E-state index contributed by atoms with van der Waals surface area (Å²) in [5.74, 6) is 0. The fraction of sp³-hybridized carbons (Fsp3) is 0.357. The maximum atomic E-state index is 11.4. The van der Waals surface area contributed by atoms with Crippen LogP contribution in [-0.2, 0) is 5.41 Å². The van der Waals surface area contributed by atoms with Crippen molar-refractivity contribution in [3.05, 3.63) is 48.6 Å². The normalized spacial score (nSPS) is 10.7. The van der Waals surface area contributed by atoms with Gasteiger partial charge in [0.05, 0.1) is 0 Å². The van der Waals surface area contributed by atoms with Crippen molar-refractivity contribution >= 4 is 6.03 Å². The molecule has 0 saturated carbocycles. The number of rotatable bonds is 5. The van der Waals surface area contributed by atoms with E-state index >= 15 is 0 Å². The molecule has 0 saturated heterocycles. The molecule has 0 aliphatic heterocycles. The molecular formula is C14H20N2O. The van der Waals surface area contributed by atoms with Gasteiger partial charge in [-0.1, -0.05) is 50.3 Å². The maximum Gasteiger partial charge on any atom is 0.315 e. The molecule has 3 nitrogen and oxygen atoms in total. The predicted molar refractivity (Wildman–Crippen MR) is 71.1 cm³/mol. The molecule has 2 amide bonds. The lowest BCUT2D eigenvalue weighted by atomic mass is 9.85. The van der Waals surface area contributed by atoms with Gasteiger partial charge in [-0.3, -0.25) is 0 Å². The molecule has 2 N–H and O–H groups in total. The highest BCUT2D eigenvalue weighted by Crippen LogP contribution is 2.21. The number of benzene rings is 1. The highest BCUT2D eigenvalue weighted by Gasteiger charge is 2.20. The zero-order valence-corrected chi connectivity index (χ0v) is 10.5. The molecule has 0 atom stereocenters. The zero-order chi connectivity index (χ0) is 12.7. The molecule has 0 aromatic heterocycles. The summed E-state index contributed by atoms with van der Waals surface area (Å²) in [4.78, 5) is 11.4. The van der Waals surface area contributed by atoms with Gasteiger partial charge in [0.15, 0.2) is 0 Å². The van der Waals surface area contributed by atoms with Gasteiger partial charge in [-0.15, -0.1) is 6.58 Å². The van der Waals surface area contributed by atoms with Crippen molar-refractivity contribution in [2.45, 2.75) is 19.3 Å². The molecule has 0 bridgehead atoms. The number of amides is 2. The van der Waals surface area contributed by atoms with E-state index in [-0.39, 0.29) is 11.4 Å². The van der Waals surface area contributed by atoms with Crippen LogP contribution in [0.15, 0.2) is 43.0 Å². The Balaban J connectivity index is 2.50. The summed E-state index contributed by atoms with van der Waals surface area (Å²) < 4.78 is 0. The van der Waals surface area contributed by atoms with Gasteiger partial charge in [0.25, 0.3) is 0 Å². The average Bonchev–Trinajstić information content (AvgIpc) is 2.35. The van der Waals surface area contributed by atoms with Crippen LogP contribution < -0.4 is 10.6 Å². The Hall–Kier alpha value is -1.77. The summed E-state index contributed by atoms with van der Waals surface area (Å²) in [7, 11) is 0. The van der Waals surface area contributed by atoms with Crippen molar-refractivity contribution in [3.63, 3.8) is 0 Å². The van der Waals surface area contributed by atoms with Gasteiger partial charge in [0, 0.05) is 18.5 Å². The molecule has 0 unspecified atom stereocenters. The first-order valence-corrected chi connectivity index (χ1v) is 5.74. The molecule has 0 heterocycles. The fourth-order valence-electron chi connectivity index (χ4n) is 1.52. The number of urea groups is 1. The van der Waals surface area contributed by atoms with E-state index in [2.05, 4.69) is 43.2 Å². The third-order valence-electron chi connectivity index (χ3n) is 2.65. The molecule has 1 rings (SSSR count). The number of carbonyl (C=O) groups excluding carboxylic acids is 1. The second-order valence-corrected chi connectivity index (χ2v) is 4.60. The van der Waals surface area contributed by atoms with Crippen molar-refractivity contribution in [1.29, 1.82) is 0 Å². The summed E-state index contributed by atoms with van der Waals surface area (Å²) in [6, 6.07) is 9.99. The standard InChI is InChI=1S/C14H20N2O/c1-4-10-15-13(17)16-11-14(2,3)12-8-6-5-7-9-12/h4-9H,1,10-11H2,2-3H3,(H2,15,16,17). The van der Waals surface area contributed by atoms with Crippen LogP contribution in [0.5, 0.6) is 0 Å². The Morgan fingerprint density at radius 2 is 1.94 bits per heavy atom. The van der Waals surface area contributed by atoms with Gasteiger partial charge in [0.2, 0.25) is 0 Å². The van der Waals surface area contributed by atoms with Gasteiger partial charge < -0.3 is 10.6 Å². The van der Waals surface area contributed by atoms with Gasteiger partial charge in [-0.25, -0.2) is 4.79 Å². The van der Waals surface area contributed by atoms with Crippen LogP contribution in [0.1, 0.15) is 19.4 Å². The molecule has 3 heteroatoms. The second kappa shape index (κ2) is 6.09. The Morgan fingerprint density at radius 3 is 2.53 bits per heavy atom. The van der Waals surface area contributed by atoms with Crippen LogP contribution >= 0.6 is 0 Å². The van der Waals surface area contributed by atoms with Crippen LogP contribution in [0.4, 0.5) is 4.79 Å². The van der Waals surface area contributed by atoms with E-state index in [9.17, 15) is 4.79 Å². The topological polar surface area (TPSA) is 41.1 Å². The lowest BCUT2D eigenvalue weighted by Gasteiger charge is -2.25. The fourth-order valence-corrected chi connectivity index (χ4v) is 1.52. The third kappa shape index (κ3) is 4.31. The molecule has 0 radical (unpaired) electrons. The summed E-state index contributed by atoms with van der Waals surface area (Å²) >= 11 is 0. The van der Waals surface area contributed by atoms with Crippen molar-refractivity contribution < 1.29 is 4.79 Å². The van der Waals surface area contributed by atoms with Crippen LogP contribution in [0.25, 0.3) is 0 Å². The minimum Gasteiger partial charge on any atom is -0.337 e. The Labute approximate surface area is 103 Å². The largest absolute Gasteiger partial charge is 0.337 e. The molecule has 1 aromatic carbocycles. The SMILES string of the molecule is C=CCNC(=O)NCC(C)(C)c1ccccc1. The number of hydrogen-bond donors (Lipinski definition) is 2. The highest BCUT2D eigenvalue weighted by atomic mass is 16.2. The quantitative estimate of drug-likeness (QED) is 0.752. The van der Waals surface area contributed by atoms with Crippen LogP contribution in [0.2, 0.25) is 0 Å². The van der Waals surface area contributed by atoms with E-state index in [1.54, 1.807) is 6.08 Å². The molecule has 1 aromatic rings. The molecule has 17 heavy (non-hydrogen) atoms. The zero-order valence-electron chi connectivity index (χ0n) is 10.5. The van der Waals surface area contributed by atoms with Crippen LogP contribution in [0, 0.1) is 0 Å². The molecule has 92 valence electrons. The molecule has 0 aliphatic carbocycles. The smallest absolute Gasteiger partial charge is 0.315 e. The van der Waals surface area contributed by atoms with Crippen molar-refractivity contribution in [3.8, 4) is 0 Å². The van der Waals surface area contributed by atoms with E-state index in [1.165, 1.54) is 5.56 Å². The first kappa shape index (κ1) is 13.3. The Bertz CT molecular complexity index is 371. The summed E-state index contributed by atoms with van der Waals surface area (Å²) in [5, 5.41) is 5.55. The average molecular weight is 232 g/mol. The van der Waals surface area contributed by atoms with Crippen LogP contribution in [0.3, 0.4) is 0 Å². The molecule has 0 aliphatic rings. The van der Waals surface area contributed by atoms with Gasteiger partial charge in [0.1, 0.15) is 0 Å². The minimum absolute atomic E-state index is 0.0766. The van der Waals surface area contributed by atoms with E-state index in [0.717, 1.165) is 0 Å². The van der Waals surface area contributed by atoms with E-state index in [4.69, 9.17) is 0 Å². The highest BCUT2D eigenvalue weighted by molar-refractivity contribution is 5.74. The predicted octanol–water partition coefficient (Wildman–Crippen LogP) is 2.45. The number of nitrogens with one attached hydrogen (secondary N) is 2. The van der Waals surface area contributed by atoms with Gasteiger partial charge >= 0.3 is 6.03 Å².